The Morgan fingerprint density at radius 1 is 1.19 bits per heavy atom. The van der Waals surface area contributed by atoms with Crippen molar-refractivity contribution in [2.45, 2.75) is 33.4 Å². The SMILES string of the molecule is CCc1ccc(OCc2ccc(/C=C/C(=O)c3cnn(CC)c3)o2)cc1. The van der Waals surface area contributed by atoms with Crippen LogP contribution in [0.4, 0.5) is 0 Å². The average molecular weight is 350 g/mol. The number of carbonyl (C=O) groups excluding carboxylic acids is 1. The summed E-state index contributed by atoms with van der Waals surface area (Å²) in [6.07, 6.45) is 7.46. The molecule has 0 aliphatic carbocycles. The zero-order chi connectivity index (χ0) is 18.4. The van der Waals surface area contributed by atoms with Crippen LogP contribution in [0, 0.1) is 0 Å². The van der Waals surface area contributed by atoms with Gasteiger partial charge in [-0.2, -0.15) is 5.10 Å². The molecule has 0 aliphatic heterocycles. The van der Waals surface area contributed by atoms with Crippen molar-refractivity contribution in [2.24, 2.45) is 0 Å². The molecule has 0 unspecified atom stereocenters. The number of allylic oxidation sites excluding steroid dienone is 1. The van der Waals surface area contributed by atoms with Gasteiger partial charge in [0.15, 0.2) is 5.78 Å². The molecule has 3 rings (SSSR count). The van der Waals surface area contributed by atoms with Gasteiger partial charge in [0.2, 0.25) is 0 Å². The van der Waals surface area contributed by atoms with E-state index in [4.69, 9.17) is 9.15 Å². The number of rotatable bonds is 8. The highest BCUT2D eigenvalue weighted by Crippen LogP contribution is 2.16. The first-order valence-electron chi connectivity index (χ1n) is 8.73. The van der Waals surface area contributed by atoms with E-state index in [1.165, 1.54) is 11.6 Å². The van der Waals surface area contributed by atoms with Crippen LogP contribution >= 0.6 is 0 Å². The predicted molar refractivity (Wildman–Crippen MR) is 100 cm³/mol. The van der Waals surface area contributed by atoms with Crippen LogP contribution in [0.3, 0.4) is 0 Å². The van der Waals surface area contributed by atoms with Crippen molar-refractivity contribution in [1.29, 1.82) is 0 Å². The lowest BCUT2D eigenvalue weighted by Gasteiger charge is -2.04. The van der Waals surface area contributed by atoms with E-state index < -0.39 is 0 Å². The molecule has 26 heavy (non-hydrogen) atoms. The lowest BCUT2D eigenvalue weighted by atomic mass is 10.2. The van der Waals surface area contributed by atoms with Crippen LogP contribution in [-0.2, 0) is 19.6 Å². The Kier molecular flexibility index (Phi) is 5.69. The van der Waals surface area contributed by atoms with E-state index in [0.29, 0.717) is 23.7 Å². The number of furan rings is 1. The number of aryl methyl sites for hydroxylation is 2. The van der Waals surface area contributed by atoms with E-state index in [1.54, 1.807) is 23.2 Å². The molecule has 0 N–H and O–H groups in total. The molecule has 2 heterocycles. The number of hydrogen-bond donors (Lipinski definition) is 0. The maximum atomic E-state index is 12.1. The molecule has 0 fully saturated rings. The molecule has 5 nitrogen and oxygen atoms in total. The third kappa shape index (κ3) is 4.51. The van der Waals surface area contributed by atoms with Gasteiger partial charge in [-0.25, -0.2) is 0 Å². The Hall–Kier alpha value is -3.08. The highest BCUT2D eigenvalue weighted by atomic mass is 16.5. The van der Waals surface area contributed by atoms with E-state index >= 15 is 0 Å². The fourth-order valence-electron chi connectivity index (χ4n) is 2.46. The van der Waals surface area contributed by atoms with Gasteiger partial charge in [-0.05, 0) is 55.3 Å². The number of hydrogen-bond acceptors (Lipinski definition) is 4. The molecule has 0 spiro atoms. The first kappa shape index (κ1) is 17.7. The van der Waals surface area contributed by atoms with E-state index in [1.807, 2.05) is 31.2 Å². The lowest BCUT2D eigenvalue weighted by molar-refractivity contribution is 0.104. The quantitative estimate of drug-likeness (QED) is 0.442. The number of ether oxygens (including phenoxy) is 1. The second-order valence-corrected chi connectivity index (χ2v) is 5.87. The zero-order valence-electron chi connectivity index (χ0n) is 15.0. The number of benzene rings is 1. The van der Waals surface area contributed by atoms with Gasteiger partial charge in [0.25, 0.3) is 0 Å². The monoisotopic (exact) mass is 350 g/mol. The summed E-state index contributed by atoms with van der Waals surface area (Å²) in [6, 6.07) is 11.7. The van der Waals surface area contributed by atoms with Gasteiger partial charge < -0.3 is 9.15 Å². The summed E-state index contributed by atoms with van der Waals surface area (Å²) in [6.45, 7) is 5.17. The second kappa shape index (κ2) is 8.34. The van der Waals surface area contributed by atoms with Crippen LogP contribution in [0.25, 0.3) is 6.08 Å². The fourth-order valence-corrected chi connectivity index (χ4v) is 2.46. The van der Waals surface area contributed by atoms with E-state index in [9.17, 15) is 4.79 Å². The summed E-state index contributed by atoms with van der Waals surface area (Å²) in [7, 11) is 0. The minimum atomic E-state index is -0.102. The smallest absolute Gasteiger partial charge is 0.189 e. The molecule has 0 amide bonds. The van der Waals surface area contributed by atoms with Crippen molar-refractivity contribution in [3.8, 4) is 5.75 Å². The highest BCUT2D eigenvalue weighted by molar-refractivity contribution is 6.06. The van der Waals surface area contributed by atoms with Gasteiger partial charge in [0.1, 0.15) is 23.9 Å². The normalized spacial score (nSPS) is 11.2. The molecule has 134 valence electrons. The Morgan fingerprint density at radius 3 is 2.69 bits per heavy atom. The average Bonchev–Trinajstić information content (AvgIpc) is 3.34. The lowest BCUT2D eigenvalue weighted by Crippen LogP contribution is -1.94. The van der Waals surface area contributed by atoms with Crippen molar-refractivity contribution in [2.75, 3.05) is 0 Å². The Balaban J connectivity index is 1.55. The van der Waals surface area contributed by atoms with Crippen molar-refractivity contribution >= 4 is 11.9 Å². The standard InChI is InChI=1S/C21H22N2O3/c1-3-16-5-7-18(8-6-16)25-15-20-10-9-19(26-20)11-12-21(24)17-13-22-23(4-2)14-17/h5-14H,3-4,15H2,1-2H3/b12-11+. The Morgan fingerprint density at radius 2 is 2.00 bits per heavy atom. The van der Waals surface area contributed by atoms with E-state index in [-0.39, 0.29) is 5.78 Å². The molecule has 3 aromatic rings. The third-order valence-electron chi connectivity index (χ3n) is 4.04. The maximum Gasteiger partial charge on any atom is 0.189 e. The molecule has 2 aromatic heterocycles. The van der Waals surface area contributed by atoms with Gasteiger partial charge in [-0.1, -0.05) is 19.1 Å². The second-order valence-electron chi connectivity index (χ2n) is 5.87. The summed E-state index contributed by atoms with van der Waals surface area (Å²) in [5.41, 5.74) is 1.84. The molecule has 0 saturated heterocycles. The van der Waals surface area contributed by atoms with E-state index in [2.05, 4.69) is 24.2 Å². The topological polar surface area (TPSA) is 57.3 Å². The molecule has 0 saturated carbocycles. The van der Waals surface area contributed by atoms with Crippen LogP contribution in [0.15, 0.2) is 59.3 Å². The first-order valence-corrected chi connectivity index (χ1v) is 8.73. The highest BCUT2D eigenvalue weighted by Gasteiger charge is 2.06. The van der Waals surface area contributed by atoms with Gasteiger partial charge in [0.05, 0.1) is 11.8 Å². The van der Waals surface area contributed by atoms with Crippen molar-refractivity contribution in [1.82, 2.24) is 9.78 Å². The molecule has 0 aliphatic rings. The molecular weight excluding hydrogens is 328 g/mol. The molecule has 5 heteroatoms. The van der Waals surface area contributed by atoms with Crippen LogP contribution in [0.1, 0.15) is 41.3 Å². The summed E-state index contributed by atoms with van der Waals surface area (Å²) in [5, 5.41) is 4.10. The zero-order valence-corrected chi connectivity index (χ0v) is 15.0. The van der Waals surface area contributed by atoms with Crippen LogP contribution < -0.4 is 4.74 Å². The van der Waals surface area contributed by atoms with Crippen molar-refractivity contribution < 1.29 is 13.9 Å². The molecule has 0 atom stereocenters. The molecular formula is C21H22N2O3. The minimum absolute atomic E-state index is 0.102. The number of nitrogens with zero attached hydrogens (tertiary/aromatic N) is 2. The fraction of sp³-hybridized carbons (Fsp3) is 0.238. The van der Waals surface area contributed by atoms with Gasteiger partial charge in [-0.15, -0.1) is 0 Å². The van der Waals surface area contributed by atoms with Gasteiger partial charge in [0, 0.05) is 12.7 Å². The van der Waals surface area contributed by atoms with Crippen molar-refractivity contribution in [3.05, 3.63) is 77.5 Å². The number of aromatic nitrogens is 2. The largest absolute Gasteiger partial charge is 0.486 e. The molecule has 0 radical (unpaired) electrons. The number of carbonyl (C=O) groups is 1. The number of ketones is 1. The Labute approximate surface area is 152 Å². The minimum Gasteiger partial charge on any atom is -0.486 e. The molecule has 1 aromatic carbocycles. The third-order valence-corrected chi connectivity index (χ3v) is 4.04. The first-order chi connectivity index (χ1) is 12.7. The van der Waals surface area contributed by atoms with Crippen LogP contribution in [0.2, 0.25) is 0 Å². The summed E-state index contributed by atoms with van der Waals surface area (Å²) >= 11 is 0. The van der Waals surface area contributed by atoms with Gasteiger partial charge in [-0.3, -0.25) is 9.48 Å². The maximum absolute atomic E-state index is 12.1. The van der Waals surface area contributed by atoms with Crippen LogP contribution in [0.5, 0.6) is 5.75 Å². The van der Waals surface area contributed by atoms with Crippen LogP contribution in [-0.4, -0.2) is 15.6 Å². The van der Waals surface area contributed by atoms with Crippen molar-refractivity contribution in [3.63, 3.8) is 0 Å². The summed E-state index contributed by atoms with van der Waals surface area (Å²) in [5.74, 6) is 2.02. The van der Waals surface area contributed by atoms with E-state index in [0.717, 1.165) is 18.7 Å². The Bertz CT molecular complexity index is 888. The predicted octanol–water partition coefficient (Wildman–Crippen LogP) is 4.53. The summed E-state index contributed by atoms with van der Waals surface area (Å²) in [4.78, 5) is 12.1. The molecule has 0 bridgehead atoms. The summed E-state index contributed by atoms with van der Waals surface area (Å²) < 4.78 is 13.1. The van der Waals surface area contributed by atoms with Gasteiger partial charge >= 0.3 is 0 Å².